The Morgan fingerprint density at radius 3 is 2.70 bits per heavy atom. The largest absolute Gasteiger partial charge is 0.313 e. The molecule has 110 valence electrons. The van der Waals surface area contributed by atoms with E-state index < -0.39 is 0 Å². The van der Waals surface area contributed by atoms with Crippen LogP contribution in [0.15, 0.2) is 22.7 Å². The summed E-state index contributed by atoms with van der Waals surface area (Å²) in [5.41, 5.74) is 0.849. The minimum absolute atomic E-state index is 0.0779. The van der Waals surface area contributed by atoms with Crippen molar-refractivity contribution < 1.29 is 4.39 Å². The summed E-state index contributed by atoms with van der Waals surface area (Å²) < 4.78 is 14.9. The van der Waals surface area contributed by atoms with Gasteiger partial charge in [0.25, 0.3) is 0 Å². The first-order valence-corrected chi connectivity index (χ1v) is 8.64. The van der Waals surface area contributed by atoms with E-state index in [1.54, 1.807) is 6.07 Å². The molecular formula is C17H23BrFN. The first kappa shape index (κ1) is 14.5. The van der Waals surface area contributed by atoms with Gasteiger partial charge in [0.05, 0.1) is 0 Å². The van der Waals surface area contributed by atoms with E-state index in [0.717, 1.165) is 47.2 Å². The molecule has 0 saturated heterocycles. The summed E-state index contributed by atoms with van der Waals surface area (Å²) in [5.74, 6) is 2.64. The van der Waals surface area contributed by atoms with Crippen LogP contribution in [0.4, 0.5) is 4.39 Å². The third-order valence-electron chi connectivity index (χ3n) is 4.96. The fourth-order valence-corrected chi connectivity index (χ4v) is 4.08. The zero-order valence-corrected chi connectivity index (χ0v) is 13.6. The molecule has 3 atom stereocenters. The van der Waals surface area contributed by atoms with Crippen molar-refractivity contribution in [3.05, 3.63) is 34.1 Å². The molecule has 2 fully saturated rings. The Balaban J connectivity index is 1.68. The molecule has 2 aliphatic carbocycles. The van der Waals surface area contributed by atoms with Crippen LogP contribution in [-0.4, -0.2) is 12.6 Å². The molecule has 1 nitrogen and oxygen atoms in total. The van der Waals surface area contributed by atoms with Crippen molar-refractivity contribution in [3.8, 4) is 0 Å². The van der Waals surface area contributed by atoms with Gasteiger partial charge in [0, 0.05) is 10.5 Å². The van der Waals surface area contributed by atoms with E-state index in [2.05, 4.69) is 28.2 Å². The highest BCUT2D eigenvalue weighted by Gasteiger charge is 2.47. The van der Waals surface area contributed by atoms with Crippen LogP contribution in [0.25, 0.3) is 0 Å². The quantitative estimate of drug-likeness (QED) is 0.801. The molecule has 1 N–H and O–H groups in total. The summed E-state index contributed by atoms with van der Waals surface area (Å²) in [4.78, 5) is 0. The minimum atomic E-state index is -0.0779. The average Bonchev–Trinajstić information content (AvgIpc) is 3.03. The zero-order chi connectivity index (χ0) is 14.1. The van der Waals surface area contributed by atoms with Crippen molar-refractivity contribution >= 4 is 15.9 Å². The lowest BCUT2D eigenvalue weighted by molar-refractivity contribution is 0.330. The van der Waals surface area contributed by atoms with Crippen LogP contribution in [0.1, 0.15) is 38.2 Å². The Hall–Kier alpha value is -0.410. The van der Waals surface area contributed by atoms with Gasteiger partial charge in [0.1, 0.15) is 5.82 Å². The fourth-order valence-electron chi connectivity index (χ4n) is 3.75. The summed E-state index contributed by atoms with van der Waals surface area (Å²) in [6, 6.07) is 5.90. The summed E-state index contributed by atoms with van der Waals surface area (Å²) in [6.07, 6.45) is 6.11. The first-order valence-electron chi connectivity index (χ1n) is 7.84. The third-order valence-corrected chi connectivity index (χ3v) is 5.45. The van der Waals surface area contributed by atoms with Crippen molar-refractivity contribution in [2.75, 3.05) is 6.54 Å². The molecule has 0 aliphatic heterocycles. The summed E-state index contributed by atoms with van der Waals surface area (Å²) in [7, 11) is 0. The second kappa shape index (κ2) is 6.15. The van der Waals surface area contributed by atoms with Crippen LogP contribution in [0.3, 0.4) is 0 Å². The lowest BCUT2D eigenvalue weighted by Gasteiger charge is -2.26. The number of rotatable bonds is 6. The van der Waals surface area contributed by atoms with E-state index in [-0.39, 0.29) is 5.82 Å². The summed E-state index contributed by atoms with van der Waals surface area (Å²) in [5, 5.41) is 3.66. The smallest absolute Gasteiger partial charge is 0.127 e. The van der Waals surface area contributed by atoms with Crippen LogP contribution in [0.2, 0.25) is 0 Å². The normalized spacial score (nSPS) is 29.2. The van der Waals surface area contributed by atoms with Gasteiger partial charge in [-0.2, -0.15) is 0 Å². The van der Waals surface area contributed by atoms with Gasteiger partial charge >= 0.3 is 0 Å². The van der Waals surface area contributed by atoms with Crippen LogP contribution in [0.5, 0.6) is 0 Å². The van der Waals surface area contributed by atoms with Crippen molar-refractivity contribution in [2.45, 2.75) is 45.1 Å². The number of hydrogen-bond donors (Lipinski definition) is 1. The number of halogens is 2. The highest BCUT2D eigenvalue weighted by molar-refractivity contribution is 9.10. The number of nitrogens with one attached hydrogen (secondary N) is 1. The van der Waals surface area contributed by atoms with Crippen LogP contribution < -0.4 is 5.32 Å². The molecule has 3 heteroatoms. The Kier molecular flexibility index (Phi) is 4.46. The van der Waals surface area contributed by atoms with Crippen LogP contribution >= 0.6 is 15.9 Å². The molecular weight excluding hydrogens is 317 g/mol. The maximum absolute atomic E-state index is 14.0. The van der Waals surface area contributed by atoms with E-state index in [0.29, 0.717) is 6.04 Å². The molecule has 0 aromatic heterocycles. The molecule has 0 spiro atoms. The van der Waals surface area contributed by atoms with Gasteiger partial charge < -0.3 is 5.32 Å². The summed E-state index contributed by atoms with van der Waals surface area (Å²) >= 11 is 3.33. The first-order chi connectivity index (χ1) is 9.67. The zero-order valence-electron chi connectivity index (χ0n) is 12.0. The van der Waals surface area contributed by atoms with E-state index in [1.165, 1.54) is 19.3 Å². The number of hydrogen-bond acceptors (Lipinski definition) is 1. The van der Waals surface area contributed by atoms with Gasteiger partial charge in [0.15, 0.2) is 0 Å². The van der Waals surface area contributed by atoms with Crippen molar-refractivity contribution in [1.82, 2.24) is 5.32 Å². The van der Waals surface area contributed by atoms with Gasteiger partial charge in [0.2, 0.25) is 0 Å². The molecule has 20 heavy (non-hydrogen) atoms. The Labute approximate surface area is 129 Å². The third kappa shape index (κ3) is 3.25. The average molecular weight is 340 g/mol. The van der Waals surface area contributed by atoms with E-state index in [1.807, 2.05) is 12.1 Å². The molecule has 0 bridgehead atoms. The van der Waals surface area contributed by atoms with Gasteiger partial charge in [-0.1, -0.05) is 28.9 Å². The Morgan fingerprint density at radius 1 is 1.30 bits per heavy atom. The minimum Gasteiger partial charge on any atom is -0.313 e. The molecule has 3 unspecified atom stereocenters. The van der Waals surface area contributed by atoms with E-state index >= 15 is 0 Å². The van der Waals surface area contributed by atoms with Crippen LogP contribution in [-0.2, 0) is 6.42 Å². The standard InChI is InChI=1S/C17H23BrFN/c1-2-5-20-17(14-7-12-6-13(12)8-14)9-11-3-4-15(18)10-16(11)19/h3-4,10,12-14,17,20H,2,5-9H2,1H3. The van der Waals surface area contributed by atoms with E-state index in [4.69, 9.17) is 0 Å². The fraction of sp³-hybridized carbons (Fsp3) is 0.647. The lowest BCUT2D eigenvalue weighted by Crippen LogP contribution is -2.38. The Bertz CT molecular complexity index is 466. The van der Waals surface area contributed by atoms with E-state index in [9.17, 15) is 4.39 Å². The monoisotopic (exact) mass is 339 g/mol. The molecule has 2 aliphatic rings. The van der Waals surface area contributed by atoms with Gasteiger partial charge in [-0.15, -0.1) is 0 Å². The molecule has 3 rings (SSSR count). The van der Waals surface area contributed by atoms with Crippen molar-refractivity contribution in [1.29, 1.82) is 0 Å². The van der Waals surface area contributed by atoms with Crippen molar-refractivity contribution in [3.63, 3.8) is 0 Å². The predicted octanol–water partition coefficient (Wildman–Crippen LogP) is 4.55. The highest BCUT2D eigenvalue weighted by Crippen LogP contribution is 2.55. The van der Waals surface area contributed by atoms with Crippen molar-refractivity contribution in [2.24, 2.45) is 17.8 Å². The number of benzene rings is 1. The molecule has 0 radical (unpaired) electrons. The second-order valence-electron chi connectivity index (χ2n) is 6.49. The molecule has 1 aromatic carbocycles. The maximum Gasteiger partial charge on any atom is 0.127 e. The maximum atomic E-state index is 14.0. The van der Waals surface area contributed by atoms with Crippen LogP contribution in [0, 0.1) is 23.6 Å². The van der Waals surface area contributed by atoms with Gasteiger partial charge in [-0.3, -0.25) is 0 Å². The lowest BCUT2D eigenvalue weighted by atomic mass is 9.89. The molecule has 1 aromatic rings. The molecule has 0 heterocycles. The number of fused-ring (bicyclic) bond motifs is 1. The topological polar surface area (TPSA) is 12.0 Å². The highest BCUT2D eigenvalue weighted by atomic mass is 79.9. The van der Waals surface area contributed by atoms with Gasteiger partial charge in [-0.25, -0.2) is 4.39 Å². The Morgan fingerprint density at radius 2 is 2.05 bits per heavy atom. The molecule has 2 saturated carbocycles. The SMILES string of the molecule is CCCNC(Cc1ccc(Br)cc1F)C1CC2CC2C1. The molecule has 0 amide bonds. The summed E-state index contributed by atoms with van der Waals surface area (Å²) in [6.45, 7) is 3.23. The predicted molar refractivity (Wildman–Crippen MR) is 84.2 cm³/mol. The second-order valence-corrected chi connectivity index (χ2v) is 7.40. The van der Waals surface area contributed by atoms with Gasteiger partial charge in [-0.05, 0) is 74.1 Å².